The van der Waals surface area contributed by atoms with Crippen molar-refractivity contribution in [1.82, 2.24) is 15.4 Å². The number of nitrogens with zero attached hydrogens (tertiary/aromatic N) is 4. The number of hydrogen-bond donors (Lipinski definition) is 1. The Morgan fingerprint density at radius 1 is 1.28 bits per heavy atom. The first-order valence-electron chi connectivity index (χ1n) is 4.59. The molecule has 9 heteroatoms. The molecule has 0 amide bonds. The zero-order valence-corrected chi connectivity index (χ0v) is 10.3. The van der Waals surface area contributed by atoms with Gasteiger partial charge in [0.25, 0.3) is 0 Å². The molecule has 2 aromatic rings. The van der Waals surface area contributed by atoms with Crippen LogP contribution in [0.1, 0.15) is 0 Å². The van der Waals surface area contributed by atoms with Gasteiger partial charge < -0.3 is 0 Å². The summed E-state index contributed by atoms with van der Waals surface area (Å²) in [6.45, 7) is 0. The Morgan fingerprint density at radius 3 is 2.50 bits per heavy atom. The summed E-state index contributed by atoms with van der Waals surface area (Å²) in [5, 5.41) is 9.84. The van der Waals surface area contributed by atoms with E-state index in [2.05, 4.69) is 21.6 Å². The Balaban J connectivity index is 2.63. The summed E-state index contributed by atoms with van der Waals surface area (Å²) in [7, 11) is -4.59. The minimum absolute atomic E-state index is 0.163. The minimum Gasteiger partial charge on any atom is -0.269 e. The summed E-state index contributed by atoms with van der Waals surface area (Å²) < 4.78 is 32.6. The molecule has 1 radical (unpaired) electrons. The van der Waals surface area contributed by atoms with Crippen molar-refractivity contribution in [3.8, 4) is 0 Å². The van der Waals surface area contributed by atoms with Gasteiger partial charge in [-0.15, -0.1) is 10.2 Å². The normalized spacial score (nSPS) is 11.2. The Hall–Kier alpha value is -1.77. The van der Waals surface area contributed by atoms with Crippen molar-refractivity contribution in [3.63, 3.8) is 0 Å². The van der Waals surface area contributed by atoms with Crippen LogP contribution in [0.5, 0.6) is 0 Å². The van der Waals surface area contributed by atoms with Gasteiger partial charge in [0.2, 0.25) is 0 Å². The highest BCUT2D eigenvalue weighted by Gasteiger charge is 2.26. The quantitative estimate of drug-likeness (QED) is 0.853. The summed E-state index contributed by atoms with van der Waals surface area (Å²) >= 11 is 5.74. The molecule has 0 unspecified atom stereocenters. The van der Waals surface area contributed by atoms with Crippen molar-refractivity contribution < 1.29 is 13.0 Å². The molecule has 7 nitrogen and oxygen atoms in total. The van der Waals surface area contributed by atoms with E-state index in [1.807, 2.05) is 0 Å². The van der Waals surface area contributed by atoms with E-state index in [4.69, 9.17) is 11.6 Å². The van der Waals surface area contributed by atoms with E-state index in [0.29, 0.717) is 4.31 Å². The molecule has 0 bridgehead atoms. The first kappa shape index (κ1) is 12.7. The van der Waals surface area contributed by atoms with Crippen molar-refractivity contribution >= 4 is 33.4 Å². The Morgan fingerprint density at radius 2 is 1.94 bits per heavy atom. The zero-order valence-electron chi connectivity index (χ0n) is 8.73. The fourth-order valence-corrected chi connectivity index (χ4v) is 2.23. The largest absolute Gasteiger partial charge is 0.365 e. The molecule has 1 N–H and O–H groups in total. The van der Waals surface area contributed by atoms with E-state index in [1.54, 1.807) is 18.2 Å². The van der Waals surface area contributed by atoms with E-state index in [1.165, 1.54) is 12.1 Å². The number of hydrogen-bond acceptors (Lipinski definition) is 5. The minimum atomic E-state index is -4.59. The third-order valence-corrected chi connectivity index (χ3v) is 3.04. The summed E-state index contributed by atoms with van der Waals surface area (Å²) in [5.74, 6) is -0.277. The Kier molecular flexibility index (Phi) is 3.41. The molecule has 93 valence electrons. The van der Waals surface area contributed by atoms with Crippen LogP contribution in [0.2, 0.25) is 5.02 Å². The zero-order chi connectivity index (χ0) is 13.2. The van der Waals surface area contributed by atoms with Crippen molar-refractivity contribution in [2.45, 2.75) is 0 Å². The second-order valence-electron chi connectivity index (χ2n) is 3.12. The van der Waals surface area contributed by atoms with Gasteiger partial charge in [0, 0.05) is 0 Å². The van der Waals surface area contributed by atoms with E-state index in [9.17, 15) is 13.0 Å². The van der Waals surface area contributed by atoms with Crippen LogP contribution in [0.4, 0.5) is 11.5 Å². The predicted octanol–water partition coefficient (Wildman–Crippen LogP) is 1.27. The Labute approximate surface area is 108 Å². The molecule has 0 atom stereocenters. The highest BCUT2D eigenvalue weighted by molar-refractivity contribution is 7.87. The average Bonchev–Trinajstić information content (AvgIpc) is 2.32. The van der Waals surface area contributed by atoms with Crippen molar-refractivity contribution in [2.75, 3.05) is 4.31 Å². The highest BCUT2D eigenvalue weighted by Crippen LogP contribution is 2.30. The second-order valence-corrected chi connectivity index (χ2v) is 4.76. The maximum absolute atomic E-state index is 11.4. The number of halogens is 1. The number of benzene rings is 1. The fraction of sp³-hybridized carbons (Fsp3) is 0. The summed E-state index contributed by atoms with van der Waals surface area (Å²) in [5.41, 5.74) is 0.163. The van der Waals surface area contributed by atoms with Gasteiger partial charge in [0.15, 0.2) is 5.82 Å². The molecule has 1 aromatic carbocycles. The highest BCUT2D eigenvalue weighted by atomic mass is 35.5. The lowest BCUT2D eigenvalue weighted by atomic mass is 10.3. The van der Waals surface area contributed by atoms with Gasteiger partial charge in [-0.05, 0) is 17.3 Å². The second kappa shape index (κ2) is 4.84. The van der Waals surface area contributed by atoms with Crippen molar-refractivity contribution in [3.05, 3.63) is 41.6 Å². The van der Waals surface area contributed by atoms with E-state index >= 15 is 0 Å². The monoisotopic (exact) mass is 285 g/mol. The van der Waals surface area contributed by atoms with E-state index in [0.717, 1.165) is 0 Å². The lowest BCUT2D eigenvalue weighted by molar-refractivity contribution is 0.482. The maximum atomic E-state index is 11.4. The molecule has 0 spiro atoms. The van der Waals surface area contributed by atoms with Gasteiger partial charge in [0.1, 0.15) is 11.2 Å². The van der Waals surface area contributed by atoms with Gasteiger partial charge in [-0.2, -0.15) is 12.7 Å². The third-order valence-electron chi connectivity index (χ3n) is 1.94. The van der Waals surface area contributed by atoms with Crippen LogP contribution >= 0.6 is 11.6 Å². The van der Waals surface area contributed by atoms with Crippen molar-refractivity contribution in [1.29, 1.82) is 0 Å². The number of para-hydroxylation sites is 1. The van der Waals surface area contributed by atoms with Gasteiger partial charge in [-0.25, -0.2) is 0 Å². The van der Waals surface area contributed by atoms with E-state index < -0.39 is 10.3 Å². The molecular weight excluding hydrogens is 280 g/mol. The van der Waals surface area contributed by atoms with Gasteiger partial charge in [-0.1, -0.05) is 29.8 Å². The summed E-state index contributed by atoms with van der Waals surface area (Å²) in [6, 6.07) is 7.82. The first-order valence-corrected chi connectivity index (χ1v) is 6.37. The molecule has 0 aliphatic rings. The molecule has 0 saturated heterocycles. The molecule has 1 heterocycles. The van der Waals surface area contributed by atoms with Gasteiger partial charge in [0.05, 0.1) is 5.69 Å². The molecule has 0 saturated carbocycles. The molecule has 0 aliphatic carbocycles. The number of rotatable bonds is 3. The van der Waals surface area contributed by atoms with Crippen LogP contribution < -0.4 is 4.31 Å². The smallest absolute Gasteiger partial charge is 0.269 e. The molecule has 0 aliphatic heterocycles. The Bertz CT molecular complexity index is 650. The molecule has 1 aromatic heterocycles. The van der Waals surface area contributed by atoms with Crippen LogP contribution in [0.25, 0.3) is 0 Å². The first-order chi connectivity index (χ1) is 8.50. The molecule has 18 heavy (non-hydrogen) atoms. The van der Waals surface area contributed by atoms with Crippen LogP contribution in [0.15, 0.2) is 30.3 Å². The third kappa shape index (κ3) is 2.55. The fourth-order valence-electron chi connectivity index (χ4n) is 1.28. The molecular formula is C9H6ClN4O3S. The lowest BCUT2D eigenvalue weighted by Crippen LogP contribution is -2.26. The van der Waals surface area contributed by atoms with Crippen LogP contribution in [0.3, 0.4) is 0 Å². The van der Waals surface area contributed by atoms with Gasteiger partial charge >= 0.3 is 10.3 Å². The average molecular weight is 286 g/mol. The lowest BCUT2D eigenvalue weighted by Gasteiger charge is -2.19. The topological polar surface area (TPSA) is 96.3 Å². The van der Waals surface area contributed by atoms with E-state index in [-0.39, 0.29) is 16.5 Å². The predicted molar refractivity (Wildman–Crippen MR) is 63.8 cm³/mol. The molecule has 2 rings (SSSR count). The van der Waals surface area contributed by atoms with Gasteiger partial charge in [-0.3, -0.25) is 4.55 Å². The molecule has 0 fully saturated rings. The van der Waals surface area contributed by atoms with Crippen LogP contribution in [-0.4, -0.2) is 28.4 Å². The number of aromatic nitrogens is 3. The summed E-state index contributed by atoms with van der Waals surface area (Å²) in [4.78, 5) is 0. The standard InChI is InChI=1S/C9H6ClN4O3S/c10-8-6-11-13-12-9(8)14(18(15,16)17)7-4-2-1-3-5-7/h1-5H,(H,15,16,17). The SMILES string of the molecule is O=S(=O)(O)N(c1ccccc1)c1nnn[c]c1Cl. The summed E-state index contributed by atoms with van der Waals surface area (Å²) in [6.07, 6.45) is 2.25. The van der Waals surface area contributed by atoms with Crippen LogP contribution in [-0.2, 0) is 10.3 Å². The van der Waals surface area contributed by atoms with Crippen LogP contribution in [0, 0.1) is 6.20 Å². The van der Waals surface area contributed by atoms with Crippen molar-refractivity contribution in [2.24, 2.45) is 0 Å². The maximum Gasteiger partial charge on any atom is 0.365 e. The number of anilines is 2.